The average Bonchev–Trinajstić information content (AvgIpc) is 3.32. The summed E-state index contributed by atoms with van der Waals surface area (Å²) < 4.78 is 47.5. The van der Waals surface area contributed by atoms with Crippen molar-refractivity contribution in [2.45, 2.75) is 108 Å². The molecule has 2 aromatic rings. The summed E-state index contributed by atoms with van der Waals surface area (Å²) in [5.41, 5.74) is -1.25. The molecule has 308 valence electrons. The Balaban J connectivity index is 0.00000620. The summed E-state index contributed by atoms with van der Waals surface area (Å²) >= 11 is 5.73. The van der Waals surface area contributed by atoms with E-state index in [4.69, 9.17) is 17.0 Å². The van der Waals surface area contributed by atoms with Gasteiger partial charge < -0.3 is 15.0 Å². The number of ether oxygens (including phenoxy) is 1. The number of piperidine rings is 1. The van der Waals surface area contributed by atoms with Gasteiger partial charge in [0.05, 0.1) is 48.1 Å². The second-order valence-electron chi connectivity index (χ2n) is 15.8. The number of carbonyl (C=O) groups excluding carboxylic acids is 4. The first-order valence-electron chi connectivity index (χ1n) is 19.1. The molecule has 3 aliphatic heterocycles. The third-order valence-corrected chi connectivity index (χ3v) is 11.9. The second-order valence-corrected chi connectivity index (χ2v) is 16.2. The Labute approximate surface area is 342 Å². The Morgan fingerprint density at radius 3 is 2.26 bits per heavy atom. The molecule has 2 N–H and O–H groups in total. The fourth-order valence-electron chi connectivity index (χ4n) is 8.61. The lowest BCUT2D eigenvalue weighted by Crippen LogP contribution is -2.58. The fraction of sp³-hybridized carbons (Fsp3) is 0.550. The first-order chi connectivity index (χ1) is 26.5. The van der Waals surface area contributed by atoms with Crippen LogP contribution < -0.4 is 15.5 Å². The number of imide groups is 1. The van der Waals surface area contributed by atoms with Crippen molar-refractivity contribution in [1.82, 2.24) is 20.0 Å². The zero-order valence-corrected chi connectivity index (χ0v) is 34.1. The molecule has 0 spiro atoms. The van der Waals surface area contributed by atoms with Crippen LogP contribution in [-0.4, -0.2) is 106 Å². The van der Waals surface area contributed by atoms with Crippen LogP contribution in [0.15, 0.2) is 42.5 Å². The molecule has 1 aliphatic carbocycles. The summed E-state index contributed by atoms with van der Waals surface area (Å²) in [5, 5.41) is 14.7. The number of alkyl halides is 3. The molecule has 57 heavy (non-hydrogen) atoms. The van der Waals surface area contributed by atoms with Crippen molar-refractivity contribution in [3.63, 3.8) is 0 Å². The number of anilines is 2. The van der Waals surface area contributed by atoms with E-state index in [0.717, 1.165) is 55.1 Å². The number of hydrogen-bond acceptors (Lipinski definition) is 9. The minimum Gasteiger partial charge on any atom is -0.377 e. The molecule has 1 saturated carbocycles. The summed E-state index contributed by atoms with van der Waals surface area (Å²) in [4.78, 5) is 57.9. The molecular formula is C40H49ClF3N7O5S. The van der Waals surface area contributed by atoms with Gasteiger partial charge in [-0.3, -0.25) is 39.2 Å². The number of benzene rings is 2. The molecule has 4 amide bonds. The Morgan fingerprint density at radius 2 is 1.67 bits per heavy atom. The lowest BCUT2D eigenvalue weighted by molar-refractivity contribution is -0.138. The molecule has 0 radical (unpaired) electrons. The van der Waals surface area contributed by atoms with E-state index in [9.17, 15) is 37.6 Å². The predicted molar refractivity (Wildman–Crippen MR) is 214 cm³/mol. The maximum absolute atomic E-state index is 13.7. The van der Waals surface area contributed by atoms with Crippen LogP contribution in [0.4, 0.5) is 24.5 Å². The highest BCUT2D eigenvalue weighted by atomic mass is 35.5. The van der Waals surface area contributed by atoms with Gasteiger partial charge >= 0.3 is 6.18 Å². The standard InChI is InChI=1S/C40H48F3N7O5S.ClH/c1-24-21-47(22-25(2)48(24)23-35(52)45-28-8-5-26(6-9-28)32-15-16-34(51)46-36(32)53)17-18-55-31-13-11-29(12-14-31)50-38(56)49(37(54)39(50,3)4)30-10-7-27(20-44)33(19-30)40(41,42)43;/h5-10,19,24-25,29,31-32H,11-18,21-23H2,1-4H3,(H,45,52)(H,46,51,53);1H/t24-,25+,29?,31?,32?;. The highest BCUT2D eigenvalue weighted by Gasteiger charge is 2.52. The van der Waals surface area contributed by atoms with Crippen LogP contribution in [0.1, 0.15) is 88.8 Å². The number of halogens is 4. The van der Waals surface area contributed by atoms with E-state index in [1.165, 1.54) is 6.07 Å². The van der Waals surface area contributed by atoms with E-state index in [-0.39, 0.29) is 77.6 Å². The van der Waals surface area contributed by atoms with Crippen molar-refractivity contribution < 1.29 is 37.1 Å². The van der Waals surface area contributed by atoms with Gasteiger partial charge in [0.1, 0.15) is 5.54 Å². The molecule has 6 rings (SSSR count). The molecule has 12 nitrogen and oxygen atoms in total. The van der Waals surface area contributed by atoms with Crippen LogP contribution in [0.5, 0.6) is 0 Å². The Bertz CT molecular complexity index is 1890. The third kappa shape index (κ3) is 9.60. The van der Waals surface area contributed by atoms with Crippen LogP contribution in [0, 0.1) is 11.3 Å². The molecule has 3 heterocycles. The molecule has 0 aromatic heterocycles. The SMILES string of the molecule is C[C@@H]1CN(CCOC2CCC(N3C(=S)N(c4ccc(C#N)c(C(F)(F)F)c4)C(=O)C3(C)C)CC2)C[C@H](C)N1CC(=O)Nc1ccc(C2CCC(=O)NC2=O)cc1.Cl. The smallest absolute Gasteiger partial charge is 0.377 e. The summed E-state index contributed by atoms with van der Waals surface area (Å²) in [6.07, 6.45) is -1.05. The zero-order chi connectivity index (χ0) is 40.5. The van der Waals surface area contributed by atoms with Crippen molar-refractivity contribution in [2.24, 2.45) is 0 Å². The molecule has 3 atom stereocenters. The van der Waals surface area contributed by atoms with Gasteiger partial charge in [0.2, 0.25) is 17.7 Å². The predicted octanol–water partition coefficient (Wildman–Crippen LogP) is 5.59. The average molecular weight is 832 g/mol. The normalized spacial score (nSPS) is 25.8. The number of rotatable bonds is 10. The lowest BCUT2D eigenvalue weighted by atomic mass is 9.89. The second kappa shape index (κ2) is 17.8. The van der Waals surface area contributed by atoms with E-state index in [1.807, 2.05) is 17.0 Å². The van der Waals surface area contributed by atoms with E-state index < -0.39 is 28.7 Å². The number of nitrogens with zero attached hydrogens (tertiary/aromatic N) is 5. The number of amides is 4. The first-order valence-corrected chi connectivity index (χ1v) is 19.5. The molecule has 3 saturated heterocycles. The van der Waals surface area contributed by atoms with Gasteiger partial charge in [-0.1, -0.05) is 12.1 Å². The summed E-state index contributed by atoms with van der Waals surface area (Å²) in [5.74, 6) is -1.46. The number of nitrogens with one attached hydrogen (secondary N) is 2. The number of nitriles is 1. The van der Waals surface area contributed by atoms with Crippen molar-refractivity contribution >= 4 is 64.7 Å². The van der Waals surface area contributed by atoms with E-state index in [0.29, 0.717) is 38.0 Å². The van der Waals surface area contributed by atoms with Gasteiger partial charge in [-0.15, -0.1) is 12.4 Å². The minimum absolute atomic E-state index is 0. The Morgan fingerprint density at radius 1 is 1.02 bits per heavy atom. The third-order valence-electron chi connectivity index (χ3n) is 11.5. The monoisotopic (exact) mass is 831 g/mol. The largest absolute Gasteiger partial charge is 0.417 e. The summed E-state index contributed by atoms with van der Waals surface area (Å²) in [6, 6.07) is 12.2. The van der Waals surface area contributed by atoms with Crippen molar-refractivity contribution in [2.75, 3.05) is 43.0 Å². The molecule has 17 heteroatoms. The van der Waals surface area contributed by atoms with Crippen molar-refractivity contribution in [1.29, 1.82) is 5.26 Å². The Kier molecular flexibility index (Phi) is 13.7. The molecule has 4 aliphatic rings. The van der Waals surface area contributed by atoms with Gasteiger partial charge in [0.25, 0.3) is 5.91 Å². The van der Waals surface area contributed by atoms with Gasteiger partial charge in [-0.05, 0) is 108 Å². The molecular weight excluding hydrogens is 783 g/mol. The summed E-state index contributed by atoms with van der Waals surface area (Å²) in [7, 11) is 0. The number of piperazine rings is 1. The molecule has 0 bridgehead atoms. The van der Waals surface area contributed by atoms with Crippen LogP contribution in [-0.2, 0) is 30.1 Å². The van der Waals surface area contributed by atoms with E-state index in [2.05, 4.69) is 34.3 Å². The maximum Gasteiger partial charge on any atom is 0.417 e. The number of hydrogen-bond donors (Lipinski definition) is 2. The topological polar surface area (TPSA) is 138 Å². The highest BCUT2D eigenvalue weighted by molar-refractivity contribution is 7.80. The minimum atomic E-state index is -4.76. The van der Waals surface area contributed by atoms with E-state index in [1.54, 1.807) is 32.0 Å². The van der Waals surface area contributed by atoms with Gasteiger partial charge in [-0.25, -0.2) is 0 Å². The highest BCUT2D eigenvalue weighted by Crippen LogP contribution is 2.41. The van der Waals surface area contributed by atoms with Gasteiger partial charge in [-0.2, -0.15) is 18.4 Å². The molecule has 2 aromatic carbocycles. The fourth-order valence-corrected chi connectivity index (χ4v) is 9.18. The summed E-state index contributed by atoms with van der Waals surface area (Å²) in [6.45, 7) is 10.8. The van der Waals surface area contributed by atoms with Gasteiger partial charge in [0.15, 0.2) is 5.11 Å². The lowest BCUT2D eigenvalue weighted by Gasteiger charge is -2.44. The van der Waals surface area contributed by atoms with Crippen molar-refractivity contribution in [3.05, 3.63) is 59.2 Å². The van der Waals surface area contributed by atoms with Crippen LogP contribution in [0.2, 0.25) is 0 Å². The quantitative estimate of drug-likeness (QED) is 0.230. The maximum atomic E-state index is 13.7. The molecule has 4 fully saturated rings. The zero-order valence-electron chi connectivity index (χ0n) is 32.4. The van der Waals surface area contributed by atoms with E-state index >= 15 is 0 Å². The van der Waals surface area contributed by atoms with Crippen LogP contribution in [0.25, 0.3) is 0 Å². The van der Waals surface area contributed by atoms with Crippen LogP contribution in [0.3, 0.4) is 0 Å². The number of carbonyl (C=O) groups is 4. The number of thiocarbonyl (C=S) groups is 1. The van der Waals surface area contributed by atoms with Crippen LogP contribution >= 0.6 is 24.6 Å². The Hall–Kier alpha value is -4.14. The van der Waals surface area contributed by atoms with Gasteiger partial charge in [0, 0.05) is 49.9 Å². The van der Waals surface area contributed by atoms with Crippen molar-refractivity contribution in [3.8, 4) is 6.07 Å². The first kappa shape index (κ1) is 44.0. The molecule has 1 unspecified atom stereocenters.